The number of piperidine rings is 1. The van der Waals surface area contributed by atoms with Crippen molar-refractivity contribution in [2.24, 2.45) is 5.92 Å². The van der Waals surface area contributed by atoms with Gasteiger partial charge >= 0.3 is 0 Å². The molecule has 4 heteroatoms. The Kier molecular flexibility index (Phi) is 5.23. The maximum Gasteiger partial charge on any atom is 0.226 e. The van der Waals surface area contributed by atoms with Crippen LogP contribution in [0.3, 0.4) is 0 Å². The topological polar surface area (TPSA) is 49.8 Å². The third-order valence-electron chi connectivity index (χ3n) is 4.38. The molecular weight excluding hydrogens is 266 g/mol. The number of carbonyl (C=O) groups excluding carboxylic acids is 1. The molecule has 2 rings (SSSR count). The fourth-order valence-electron chi connectivity index (χ4n) is 2.85. The third kappa shape index (κ3) is 4.21. The lowest BCUT2D eigenvalue weighted by atomic mass is 9.81. The van der Waals surface area contributed by atoms with Gasteiger partial charge in [-0.2, -0.15) is 0 Å². The first-order valence-electron chi connectivity index (χ1n) is 7.71. The lowest BCUT2D eigenvalue weighted by Gasteiger charge is -2.42. The number of para-hydroxylation sites is 1. The quantitative estimate of drug-likeness (QED) is 0.906. The summed E-state index contributed by atoms with van der Waals surface area (Å²) in [5, 5.41) is 10.3. The molecule has 21 heavy (non-hydrogen) atoms. The zero-order valence-electron chi connectivity index (χ0n) is 12.9. The smallest absolute Gasteiger partial charge is 0.226 e. The molecule has 1 aliphatic rings. The van der Waals surface area contributed by atoms with Crippen LogP contribution in [0.4, 0.5) is 0 Å². The Labute approximate surface area is 126 Å². The number of likely N-dealkylation sites (tertiary alicyclic amines) is 1. The summed E-state index contributed by atoms with van der Waals surface area (Å²) in [7, 11) is 0. The second-order valence-electron chi connectivity index (χ2n) is 5.96. The number of hydrogen-bond acceptors (Lipinski definition) is 3. The molecule has 1 saturated heterocycles. The van der Waals surface area contributed by atoms with E-state index in [1.807, 2.05) is 42.2 Å². The van der Waals surface area contributed by atoms with E-state index in [9.17, 15) is 9.90 Å². The second kappa shape index (κ2) is 6.94. The van der Waals surface area contributed by atoms with Crippen molar-refractivity contribution in [3.8, 4) is 5.75 Å². The molecule has 116 valence electrons. The van der Waals surface area contributed by atoms with E-state index in [-0.39, 0.29) is 11.8 Å². The van der Waals surface area contributed by atoms with Crippen LogP contribution in [-0.4, -0.2) is 41.2 Å². The third-order valence-corrected chi connectivity index (χ3v) is 4.38. The highest BCUT2D eigenvalue weighted by atomic mass is 16.5. The van der Waals surface area contributed by atoms with Crippen molar-refractivity contribution in [2.75, 3.05) is 19.7 Å². The first kappa shape index (κ1) is 15.8. The molecule has 2 atom stereocenters. The van der Waals surface area contributed by atoms with E-state index in [2.05, 4.69) is 6.92 Å². The first-order chi connectivity index (χ1) is 10.0. The van der Waals surface area contributed by atoms with Crippen LogP contribution in [0.2, 0.25) is 0 Å². The standard InChI is InChI=1S/C17H25NO3/c1-3-14-13-18(11-10-17(14,2)20)16(19)9-12-21-15-7-5-4-6-8-15/h4-8,14,20H,3,9-13H2,1-2H3/t14-,17+/m1/s1. The Morgan fingerprint density at radius 1 is 1.43 bits per heavy atom. The highest BCUT2D eigenvalue weighted by Gasteiger charge is 2.37. The summed E-state index contributed by atoms with van der Waals surface area (Å²) < 4.78 is 5.56. The van der Waals surface area contributed by atoms with Gasteiger partial charge in [0.15, 0.2) is 0 Å². The summed E-state index contributed by atoms with van der Waals surface area (Å²) in [5.41, 5.74) is -0.647. The molecule has 1 N–H and O–H groups in total. The summed E-state index contributed by atoms with van der Waals surface area (Å²) in [5.74, 6) is 1.06. The molecule has 0 saturated carbocycles. The van der Waals surface area contributed by atoms with Gasteiger partial charge in [0.2, 0.25) is 5.91 Å². The molecule has 0 spiro atoms. The van der Waals surface area contributed by atoms with E-state index < -0.39 is 5.60 Å². The van der Waals surface area contributed by atoms with Gasteiger partial charge in [-0.05, 0) is 31.9 Å². The molecule has 0 aromatic heterocycles. The molecule has 1 aliphatic heterocycles. The average molecular weight is 291 g/mol. The molecule has 0 bridgehead atoms. The number of hydrogen-bond donors (Lipinski definition) is 1. The molecule has 0 aliphatic carbocycles. The predicted molar refractivity (Wildman–Crippen MR) is 82.2 cm³/mol. The number of aliphatic hydroxyl groups is 1. The highest BCUT2D eigenvalue weighted by Crippen LogP contribution is 2.30. The minimum atomic E-state index is -0.647. The van der Waals surface area contributed by atoms with Crippen molar-refractivity contribution in [1.82, 2.24) is 4.90 Å². The fourth-order valence-corrected chi connectivity index (χ4v) is 2.85. The van der Waals surface area contributed by atoms with E-state index in [4.69, 9.17) is 4.74 Å². The van der Waals surface area contributed by atoms with Gasteiger partial charge in [-0.15, -0.1) is 0 Å². The number of rotatable bonds is 5. The van der Waals surface area contributed by atoms with Crippen molar-refractivity contribution in [1.29, 1.82) is 0 Å². The number of ether oxygens (including phenoxy) is 1. The van der Waals surface area contributed by atoms with Crippen LogP contribution >= 0.6 is 0 Å². The van der Waals surface area contributed by atoms with Gasteiger partial charge in [-0.25, -0.2) is 0 Å². The number of benzene rings is 1. The lowest BCUT2D eigenvalue weighted by molar-refractivity contribution is -0.139. The maximum absolute atomic E-state index is 12.2. The van der Waals surface area contributed by atoms with Gasteiger partial charge in [-0.3, -0.25) is 4.79 Å². The zero-order valence-corrected chi connectivity index (χ0v) is 12.9. The summed E-state index contributed by atoms with van der Waals surface area (Å²) in [6, 6.07) is 9.53. The van der Waals surface area contributed by atoms with Crippen molar-refractivity contribution in [2.45, 2.75) is 38.7 Å². The molecule has 0 unspecified atom stereocenters. The predicted octanol–water partition coefficient (Wildman–Crippen LogP) is 2.47. The van der Waals surface area contributed by atoms with Gasteiger partial charge in [0.1, 0.15) is 5.75 Å². The van der Waals surface area contributed by atoms with E-state index in [0.29, 0.717) is 32.5 Å². The van der Waals surface area contributed by atoms with Crippen LogP contribution in [0.5, 0.6) is 5.75 Å². The average Bonchev–Trinajstić information content (AvgIpc) is 2.48. The second-order valence-corrected chi connectivity index (χ2v) is 5.96. The van der Waals surface area contributed by atoms with Crippen LogP contribution in [0.25, 0.3) is 0 Å². The van der Waals surface area contributed by atoms with Gasteiger partial charge in [0.05, 0.1) is 18.6 Å². The van der Waals surface area contributed by atoms with Gasteiger partial charge in [-0.1, -0.05) is 25.1 Å². The van der Waals surface area contributed by atoms with Crippen LogP contribution in [0.1, 0.15) is 33.1 Å². The van der Waals surface area contributed by atoms with Gasteiger partial charge in [0.25, 0.3) is 0 Å². The maximum atomic E-state index is 12.2. The summed E-state index contributed by atoms with van der Waals surface area (Å²) in [6.07, 6.45) is 1.92. The van der Waals surface area contributed by atoms with E-state index in [0.717, 1.165) is 12.2 Å². The lowest BCUT2D eigenvalue weighted by Crippen LogP contribution is -2.51. The molecule has 1 aromatic carbocycles. The monoisotopic (exact) mass is 291 g/mol. The number of amides is 1. The van der Waals surface area contributed by atoms with E-state index >= 15 is 0 Å². The molecule has 1 fully saturated rings. The Bertz CT molecular complexity index is 458. The summed E-state index contributed by atoms with van der Waals surface area (Å²) in [4.78, 5) is 14.1. The minimum Gasteiger partial charge on any atom is -0.493 e. The normalized spacial score (nSPS) is 25.7. The molecule has 1 heterocycles. The van der Waals surface area contributed by atoms with Gasteiger partial charge < -0.3 is 14.7 Å². The SMILES string of the molecule is CC[C@@H]1CN(C(=O)CCOc2ccccc2)CC[C@]1(C)O. The van der Waals surface area contributed by atoms with Crippen molar-refractivity contribution in [3.63, 3.8) is 0 Å². The number of nitrogens with zero attached hydrogens (tertiary/aromatic N) is 1. The number of carbonyl (C=O) groups is 1. The Morgan fingerprint density at radius 2 is 2.14 bits per heavy atom. The molecule has 4 nitrogen and oxygen atoms in total. The van der Waals surface area contributed by atoms with Crippen molar-refractivity contribution in [3.05, 3.63) is 30.3 Å². The fraction of sp³-hybridized carbons (Fsp3) is 0.588. The molecule has 0 radical (unpaired) electrons. The van der Waals surface area contributed by atoms with Crippen LogP contribution in [-0.2, 0) is 4.79 Å². The highest BCUT2D eigenvalue weighted by molar-refractivity contribution is 5.76. The zero-order chi connectivity index (χ0) is 15.3. The Morgan fingerprint density at radius 3 is 2.81 bits per heavy atom. The summed E-state index contributed by atoms with van der Waals surface area (Å²) >= 11 is 0. The van der Waals surface area contributed by atoms with Crippen LogP contribution < -0.4 is 4.74 Å². The van der Waals surface area contributed by atoms with Crippen LogP contribution in [0, 0.1) is 5.92 Å². The van der Waals surface area contributed by atoms with E-state index in [1.54, 1.807) is 0 Å². The first-order valence-corrected chi connectivity index (χ1v) is 7.71. The largest absolute Gasteiger partial charge is 0.493 e. The summed E-state index contributed by atoms with van der Waals surface area (Å²) in [6.45, 7) is 5.61. The van der Waals surface area contributed by atoms with Crippen molar-refractivity contribution < 1.29 is 14.6 Å². The minimum absolute atomic E-state index is 0.111. The van der Waals surface area contributed by atoms with Crippen molar-refractivity contribution >= 4 is 5.91 Å². The molecular formula is C17H25NO3. The molecule has 1 amide bonds. The van der Waals surface area contributed by atoms with Gasteiger partial charge in [0, 0.05) is 19.0 Å². The van der Waals surface area contributed by atoms with Crippen LogP contribution in [0.15, 0.2) is 30.3 Å². The Hall–Kier alpha value is -1.55. The van der Waals surface area contributed by atoms with E-state index in [1.165, 1.54) is 0 Å². The molecule has 1 aromatic rings. The Balaban J connectivity index is 1.79.